The van der Waals surface area contributed by atoms with E-state index in [0.29, 0.717) is 5.41 Å². The molecule has 2 fully saturated rings. The highest BCUT2D eigenvalue weighted by Crippen LogP contribution is 2.49. The molecule has 2 aliphatic rings. The molecule has 1 saturated carbocycles. The largest absolute Gasteiger partial charge is 0.379 e. The highest BCUT2D eigenvalue weighted by Gasteiger charge is 2.45. The van der Waals surface area contributed by atoms with Crippen LogP contribution in [0.5, 0.6) is 0 Å². The number of rotatable bonds is 3. The minimum atomic E-state index is 0.249. The molecule has 0 N–H and O–H groups in total. The fraction of sp³-hybridized carbons (Fsp3) is 0.667. The van der Waals surface area contributed by atoms with Crippen molar-refractivity contribution in [3.8, 4) is 0 Å². The lowest BCUT2D eigenvalue weighted by Gasteiger charge is -2.31. The molecule has 0 unspecified atom stereocenters. The van der Waals surface area contributed by atoms with E-state index in [-0.39, 0.29) is 5.41 Å². The van der Waals surface area contributed by atoms with Gasteiger partial charge in [0.2, 0.25) is 0 Å². The summed E-state index contributed by atoms with van der Waals surface area (Å²) in [5, 5.41) is 0. The molecular weight excluding hydrogens is 246 g/mol. The van der Waals surface area contributed by atoms with Crippen molar-refractivity contribution in [2.24, 2.45) is 0 Å². The highest BCUT2D eigenvalue weighted by atomic mass is 16.5. The maximum Gasteiger partial charge on any atom is 0.0594 e. The molecule has 20 heavy (non-hydrogen) atoms. The zero-order valence-electron chi connectivity index (χ0n) is 13.1. The van der Waals surface area contributed by atoms with Crippen molar-refractivity contribution in [2.75, 3.05) is 32.8 Å². The van der Waals surface area contributed by atoms with Gasteiger partial charge >= 0.3 is 0 Å². The summed E-state index contributed by atoms with van der Waals surface area (Å²) < 4.78 is 5.45. The van der Waals surface area contributed by atoms with E-state index in [1.54, 1.807) is 0 Å². The van der Waals surface area contributed by atoms with Gasteiger partial charge in [-0.2, -0.15) is 0 Å². The second-order valence-electron chi connectivity index (χ2n) is 7.50. The Bertz CT molecular complexity index is 447. The molecule has 0 bridgehead atoms. The second kappa shape index (κ2) is 5.16. The number of ether oxygens (including phenoxy) is 1. The normalized spacial score (nSPS) is 22.8. The second-order valence-corrected chi connectivity index (χ2v) is 7.50. The molecule has 1 saturated heterocycles. The van der Waals surface area contributed by atoms with Crippen molar-refractivity contribution in [1.29, 1.82) is 0 Å². The molecule has 0 atom stereocenters. The maximum atomic E-state index is 5.45. The van der Waals surface area contributed by atoms with Gasteiger partial charge in [0.1, 0.15) is 0 Å². The van der Waals surface area contributed by atoms with Crippen LogP contribution >= 0.6 is 0 Å². The van der Waals surface area contributed by atoms with Crippen molar-refractivity contribution in [3.63, 3.8) is 0 Å². The van der Waals surface area contributed by atoms with E-state index in [9.17, 15) is 0 Å². The summed E-state index contributed by atoms with van der Waals surface area (Å²) in [6.45, 7) is 12.1. The summed E-state index contributed by atoms with van der Waals surface area (Å²) in [7, 11) is 0. The van der Waals surface area contributed by atoms with Crippen molar-refractivity contribution in [2.45, 2.75) is 44.4 Å². The molecule has 1 aliphatic heterocycles. The first-order valence-electron chi connectivity index (χ1n) is 7.91. The molecule has 1 aromatic rings. The summed E-state index contributed by atoms with van der Waals surface area (Å²) >= 11 is 0. The Kier molecular flexibility index (Phi) is 3.64. The molecule has 0 amide bonds. The minimum absolute atomic E-state index is 0.249. The first kappa shape index (κ1) is 14.1. The quantitative estimate of drug-likeness (QED) is 0.837. The van der Waals surface area contributed by atoms with Crippen LogP contribution in [0.4, 0.5) is 0 Å². The number of hydrogen-bond acceptors (Lipinski definition) is 2. The average Bonchev–Trinajstić information content (AvgIpc) is 3.20. The lowest BCUT2D eigenvalue weighted by atomic mass is 9.85. The third-order valence-electron chi connectivity index (χ3n) is 4.85. The van der Waals surface area contributed by atoms with Gasteiger partial charge in [-0.3, -0.25) is 4.90 Å². The molecular formula is C18H27NO. The summed E-state index contributed by atoms with van der Waals surface area (Å²) in [6.07, 6.45) is 2.69. The minimum Gasteiger partial charge on any atom is -0.379 e. The molecule has 110 valence electrons. The Balaban J connectivity index is 1.71. The lowest BCUT2D eigenvalue weighted by Crippen LogP contribution is -2.41. The van der Waals surface area contributed by atoms with Gasteiger partial charge in [0.05, 0.1) is 13.2 Å². The zero-order valence-corrected chi connectivity index (χ0v) is 13.1. The van der Waals surface area contributed by atoms with Gasteiger partial charge < -0.3 is 4.74 Å². The lowest BCUT2D eigenvalue weighted by molar-refractivity contribution is 0.0336. The maximum absolute atomic E-state index is 5.45. The van der Waals surface area contributed by atoms with Crippen LogP contribution in [-0.4, -0.2) is 37.7 Å². The van der Waals surface area contributed by atoms with Crippen LogP contribution in [0.2, 0.25) is 0 Å². The van der Waals surface area contributed by atoms with Crippen LogP contribution in [0.3, 0.4) is 0 Å². The van der Waals surface area contributed by atoms with E-state index >= 15 is 0 Å². The molecule has 2 heteroatoms. The predicted molar refractivity (Wildman–Crippen MR) is 83.3 cm³/mol. The molecule has 0 spiro atoms. The zero-order chi connectivity index (χ0) is 14.2. The van der Waals surface area contributed by atoms with E-state index in [0.717, 1.165) is 26.3 Å². The fourth-order valence-electron chi connectivity index (χ4n) is 3.20. The van der Waals surface area contributed by atoms with Gasteiger partial charge in [-0.15, -0.1) is 0 Å². The van der Waals surface area contributed by atoms with Gasteiger partial charge in [0.15, 0.2) is 0 Å². The number of morpholine rings is 1. The highest BCUT2D eigenvalue weighted by molar-refractivity contribution is 5.36. The van der Waals surface area contributed by atoms with E-state index in [1.165, 1.54) is 30.5 Å². The van der Waals surface area contributed by atoms with Gasteiger partial charge in [0, 0.05) is 25.0 Å². The number of benzene rings is 1. The van der Waals surface area contributed by atoms with E-state index < -0.39 is 0 Å². The molecule has 3 rings (SSSR count). The smallest absolute Gasteiger partial charge is 0.0594 e. The molecule has 1 aromatic carbocycles. The predicted octanol–water partition coefficient (Wildman–Crippen LogP) is 3.35. The summed E-state index contributed by atoms with van der Waals surface area (Å²) in [5.41, 5.74) is 3.66. The Hall–Kier alpha value is -0.860. The third-order valence-corrected chi connectivity index (χ3v) is 4.85. The molecule has 0 aromatic heterocycles. The van der Waals surface area contributed by atoms with Crippen molar-refractivity contribution < 1.29 is 4.74 Å². The van der Waals surface area contributed by atoms with Crippen LogP contribution in [0.25, 0.3) is 0 Å². The molecule has 1 aliphatic carbocycles. The van der Waals surface area contributed by atoms with Crippen molar-refractivity contribution >= 4 is 0 Å². The average molecular weight is 273 g/mol. The summed E-state index contributed by atoms with van der Waals surface area (Å²) in [5.74, 6) is 0. The Labute approximate surface area is 123 Å². The van der Waals surface area contributed by atoms with Crippen LogP contribution in [-0.2, 0) is 15.6 Å². The summed E-state index contributed by atoms with van der Waals surface area (Å²) in [4.78, 5) is 2.58. The van der Waals surface area contributed by atoms with Crippen molar-refractivity contribution in [3.05, 3.63) is 35.4 Å². The van der Waals surface area contributed by atoms with Gasteiger partial charge in [-0.1, -0.05) is 45.0 Å². The first-order valence-corrected chi connectivity index (χ1v) is 7.91. The number of nitrogens with zero attached hydrogens (tertiary/aromatic N) is 1. The van der Waals surface area contributed by atoms with Crippen molar-refractivity contribution in [1.82, 2.24) is 4.90 Å². The Morgan fingerprint density at radius 2 is 1.65 bits per heavy atom. The SMILES string of the molecule is CC(C)(C)c1ccc(C2(CN3CCOCC3)CC2)cc1. The molecule has 2 nitrogen and oxygen atoms in total. The fourth-order valence-corrected chi connectivity index (χ4v) is 3.20. The Morgan fingerprint density at radius 1 is 1.05 bits per heavy atom. The topological polar surface area (TPSA) is 12.5 Å². The van der Waals surface area contributed by atoms with E-state index in [1.807, 2.05) is 0 Å². The number of hydrogen-bond donors (Lipinski definition) is 0. The van der Waals surface area contributed by atoms with E-state index in [4.69, 9.17) is 4.74 Å². The van der Waals surface area contributed by atoms with Gasteiger partial charge in [-0.05, 0) is 29.4 Å². The van der Waals surface area contributed by atoms with Crippen LogP contribution in [0.1, 0.15) is 44.7 Å². The van der Waals surface area contributed by atoms with Crippen LogP contribution in [0, 0.1) is 0 Å². The van der Waals surface area contributed by atoms with E-state index in [2.05, 4.69) is 49.9 Å². The van der Waals surface area contributed by atoms with Crippen LogP contribution < -0.4 is 0 Å². The molecule has 0 radical (unpaired) electrons. The first-order chi connectivity index (χ1) is 9.50. The summed E-state index contributed by atoms with van der Waals surface area (Å²) in [6, 6.07) is 9.39. The Morgan fingerprint density at radius 3 is 2.15 bits per heavy atom. The third kappa shape index (κ3) is 2.91. The standard InChI is InChI=1S/C18H27NO/c1-17(2,3)15-4-6-16(7-5-15)18(8-9-18)14-19-10-12-20-13-11-19/h4-7H,8-14H2,1-3H3. The van der Waals surface area contributed by atoms with Gasteiger partial charge in [0.25, 0.3) is 0 Å². The monoisotopic (exact) mass is 273 g/mol. The van der Waals surface area contributed by atoms with Gasteiger partial charge in [-0.25, -0.2) is 0 Å². The molecule has 1 heterocycles. The van der Waals surface area contributed by atoms with Crippen LogP contribution in [0.15, 0.2) is 24.3 Å².